The third-order valence-corrected chi connectivity index (χ3v) is 7.84. The molecule has 1 atom stereocenters. The van der Waals surface area contributed by atoms with Crippen molar-refractivity contribution in [2.75, 3.05) is 36.1 Å². The summed E-state index contributed by atoms with van der Waals surface area (Å²) in [4.78, 5) is 16.9. The first-order chi connectivity index (χ1) is 17.1. The van der Waals surface area contributed by atoms with Gasteiger partial charge in [0.15, 0.2) is 0 Å². The minimum atomic E-state index is -3.89. The van der Waals surface area contributed by atoms with Crippen LogP contribution in [0.4, 0.5) is 20.2 Å². The Morgan fingerprint density at radius 1 is 1.00 bits per heavy atom. The summed E-state index contributed by atoms with van der Waals surface area (Å²) in [7, 11) is -3.89. The molecular weight excluding hydrogens is 488 g/mol. The Morgan fingerprint density at radius 3 is 2.22 bits per heavy atom. The SMILES string of the molecule is CC1(c2ccc(S(N)(=O)=O)cc2)C(=O)N(Cc2cc(F)c(N3CCOCC3)c(F)c2)c2ccccc21. The molecule has 7 nitrogen and oxygen atoms in total. The molecule has 10 heteroatoms. The normalized spacial score (nSPS) is 20.1. The van der Waals surface area contributed by atoms with Gasteiger partial charge in [-0.1, -0.05) is 30.3 Å². The monoisotopic (exact) mass is 513 g/mol. The zero-order chi connectivity index (χ0) is 25.7. The fourth-order valence-corrected chi connectivity index (χ4v) is 5.54. The summed E-state index contributed by atoms with van der Waals surface area (Å²) in [5.41, 5.74) is 1.02. The Hall–Kier alpha value is -3.34. The summed E-state index contributed by atoms with van der Waals surface area (Å²) in [5.74, 6) is -1.66. The van der Waals surface area contributed by atoms with Crippen molar-refractivity contribution in [3.8, 4) is 0 Å². The van der Waals surface area contributed by atoms with Gasteiger partial charge in [0, 0.05) is 18.8 Å². The lowest BCUT2D eigenvalue weighted by atomic mass is 9.77. The molecule has 0 spiro atoms. The van der Waals surface area contributed by atoms with E-state index in [4.69, 9.17) is 9.88 Å². The zero-order valence-electron chi connectivity index (χ0n) is 19.6. The van der Waals surface area contributed by atoms with E-state index in [0.717, 1.165) is 0 Å². The third kappa shape index (κ3) is 4.04. The van der Waals surface area contributed by atoms with E-state index in [1.807, 2.05) is 12.1 Å². The van der Waals surface area contributed by atoms with Crippen LogP contribution in [-0.2, 0) is 31.5 Å². The lowest BCUT2D eigenvalue weighted by Crippen LogP contribution is -2.39. The molecular formula is C26H25F2N3O4S. The highest BCUT2D eigenvalue weighted by Gasteiger charge is 2.48. The quantitative estimate of drug-likeness (QED) is 0.565. The van der Waals surface area contributed by atoms with Gasteiger partial charge in [-0.05, 0) is 53.9 Å². The van der Waals surface area contributed by atoms with Gasteiger partial charge in [-0.2, -0.15) is 0 Å². The molecule has 36 heavy (non-hydrogen) atoms. The Balaban J connectivity index is 1.50. The van der Waals surface area contributed by atoms with Crippen LogP contribution in [0.3, 0.4) is 0 Å². The van der Waals surface area contributed by atoms with Crippen LogP contribution in [0, 0.1) is 11.6 Å². The first-order valence-corrected chi connectivity index (χ1v) is 13.0. The topological polar surface area (TPSA) is 92.9 Å². The van der Waals surface area contributed by atoms with Crippen molar-refractivity contribution in [2.24, 2.45) is 5.14 Å². The van der Waals surface area contributed by atoms with Crippen molar-refractivity contribution in [3.63, 3.8) is 0 Å². The second kappa shape index (κ2) is 8.95. The molecule has 0 radical (unpaired) electrons. The number of rotatable bonds is 5. The smallest absolute Gasteiger partial charge is 0.242 e. The van der Waals surface area contributed by atoms with Crippen LogP contribution in [-0.4, -0.2) is 40.6 Å². The molecule has 5 rings (SSSR count). The van der Waals surface area contributed by atoms with Crippen LogP contribution in [0.1, 0.15) is 23.6 Å². The Morgan fingerprint density at radius 2 is 1.61 bits per heavy atom. The summed E-state index contributed by atoms with van der Waals surface area (Å²) in [5, 5.41) is 5.21. The number of hydrogen-bond acceptors (Lipinski definition) is 5. The van der Waals surface area contributed by atoms with Gasteiger partial charge in [-0.3, -0.25) is 4.79 Å². The number of amides is 1. The van der Waals surface area contributed by atoms with E-state index in [1.54, 1.807) is 36.1 Å². The first kappa shape index (κ1) is 24.4. The molecule has 2 aliphatic heterocycles. The van der Waals surface area contributed by atoms with Gasteiger partial charge in [0.05, 0.1) is 30.1 Å². The summed E-state index contributed by atoms with van der Waals surface area (Å²) >= 11 is 0. The van der Waals surface area contributed by atoms with Gasteiger partial charge in [0.2, 0.25) is 15.9 Å². The third-order valence-electron chi connectivity index (χ3n) is 6.91. The Kier molecular flexibility index (Phi) is 6.06. The van der Waals surface area contributed by atoms with Crippen molar-refractivity contribution in [1.29, 1.82) is 0 Å². The number of primary sulfonamides is 1. The van der Waals surface area contributed by atoms with Gasteiger partial charge >= 0.3 is 0 Å². The van der Waals surface area contributed by atoms with Gasteiger partial charge in [0.1, 0.15) is 17.3 Å². The molecule has 1 fully saturated rings. The fourth-order valence-electron chi connectivity index (χ4n) is 5.02. The van der Waals surface area contributed by atoms with Gasteiger partial charge in [-0.15, -0.1) is 0 Å². The maximum absolute atomic E-state index is 15.0. The minimum Gasteiger partial charge on any atom is -0.378 e. The number of hydrogen-bond donors (Lipinski definition) is 1. The number of morpholine rings is 1. The first-order valence-electron chi connectivity index (χ1n) is 11.5. The maximum Gasteiger partial charge on any atom is 0.242 e. The molecule has 3 aromatic rings. The predicted octanol–water partition coefficient (Wildman–Crippen LogP) is 3.30. The molecule has 188 valence electrons. The van der Waals surface area contributed by atoms with Gasteiger partial charge < -0.3 is 14.5 Å². The van der Waals surface area contributed by atoms with E-state index in [2.05, 4.69) is 0 Å². The van der Waals surface area contributed by atoms with Crippen molar-refractivity contribution in [3.05, 3.63) is 89.0 Å². The van der Waals surface area contributed by atoms with E-state index in [9.17, 15) is 13.2 Å². The van der Waals surface area contributed by atoms with Gasteiger partial charge in [-0.25, -0.2) is 22.3 Å². The lowest BCUT2D eigenvalue weighted by Gasteiger charge is -2.30. The number of halogens is 2. The van der Waals surface area contributed by atoms with Crippen LogP contribution in [0.2, 0.25) is 0 Å². The Labute approximate surface area is 208 Å². The molecule has 0 saturated carbocycles. The highest BCUT2D eigenvalue weighted by Crippen LogP contribution is 2.46. The number of sulfonamides is 1. The van der Waals surface area contributed by atoms with Crippen LogP contribution in [0.5, 0.6) is 0 Å². The summed E-state index contributed by atoms with van der Waals surface area (Å²) in [6.45, 7) is 3.31. The molecule has 0 bridgehead atoms. The number of anilines is 2. The Bertz CT molecular complexity index is 1420. The maximum atomic E-state index is 15.0. The highest BCUT2D eigenvalue weighted by molar-refractivity contribution is 7.89. The number of nitrogens with two attached hydrogens (primary N) is 1. The number of carbonyl (C=O) groups is 1. The van der Waals surface area contributed by atoms with E-state index < -0.39 is 27.1 Å². The number of fused-ring (bicyclic) bond motifs is 1. The minimum absolute atomic E-state index is 0.0298. The van der Waals surface area contributed by atoms with E-state index in [0.29, 0.717) is 48.7 Å². The molecule has 2 heterocycles. The van der Waals surface area contributed by atoms with Crippen LogP contribution in [0.25, 0.3) is 0 Å². The van der Waals surface area contributed by atoms with E-state index in [-0.39, 0.29) is 23.0 Å². The summed E-state index contributed by atoms with van der Waals surface area (Å²) in [6, 6.07) is 15.6. The molecule has 1 saturated heterocycles. The molecule has 2 N–H and O–H groups in total. The molecule has 1 unspecified atom stereocenters. The predicted molar refractivity (Wildman–Crippen MR) is 131 cm³/mol. The van der Waals surface area contributed by atoms with Crippen LogP contribution in [0.15, 0.2) is 65.6 Å². The largest absolute Gasteiger partial charge is 0.378 e. The lowest BCUT2D eigenvalue weighted by molar-refractivity contribution is -0.121. The van der Waals surface area contributed by atoms with Crippen LogP contribution >= 0.6 is 0 Å². The average Bonchev–Trinajstić information content (AvgIpc) is 3.07. The number of carbonyl (C=O) groups excluding carboxylic acids is 1. The van der Waals surface area contributed by atoms with Crippen molar-refractivity contribution >= 4 is 27.3 Å². The second-order valence-corrected chi connectivity index (χ2v) is 10.7. The van der Waals surface area contributed by atoms with Crippen molar-refractivity contribution in [2.45, 2.75) is 23.8 Å². The zero-order valence-corrected chi connectivity index (χ0v) is 20.4. The molecule has 3 aromatic carbocycles. The average molecular weight is 514 g/mol. The van der Waals surface area contributed by atoms with E-state index in [1.165, 1.54) is 29.2 Å². The number of nitrogens with zero attached hydrogens (tertiary/aromatic N) is 2. The van der Waals surface area contributed by atoms with Gasteiger partial charge in [0.25, 0.3) is 0 Å². The second-order valence-electron chi connectivity index (χ2n) is 9.11. The van der Waals surface area contributed by atoms with Crippen molar-refractivity contribution in [1.82, 2.24) is 0 Å². The number of benzene rings is 3. The summed E-state index contributed by atoms with van der Waals surface area (Å²) in [6.07, 6.45) is 0. The molecule has 2 aliphatic rings. The molecule has 0 aliphatic carbocycles. The highest BCUT2D eigenvalue weighted by atomic mass is 32.2. The number of para-hydroxylation sites is 1. The van der Waals surface area contributed by atoms with Crippen molar-refractivity contribution < 1.29 is 26.7 Å². The van der Waals surface area contributed by atoms with Crippen LogP contribution < -0.4 is 14.9 Å². The number of ether oxygens (including phenoxy) is 1. The molecule has 1 amide bonds. The fraction of sp³-hybridized carbons (Fsp3) is 0.269. The summed E-state index contributed by atoms with van der Waals surface area (Å²) < 4.78 is 58.7. The van der Waals surface area contributed by atoms with E-state index >= 15 is 8.78 Å². The standard InChI is InChI=1S/C26H25F2N3O4S/c1-26(18-6-8-19(9-7-18)36(29,33)34)20-4-2-3-5-23(20)31(25(26)32)16-17-14-21(27)24(22(28)15-17)30-10-12-35-13-11-30/h2-9,14-15H,10-13,16H2,1H3,(H2,29,33,34). The molecule has 0 aromatic heterocycles.